The highest BCUT2D eigenvalue weighted by Gasteiger charge is 2.34. The molecule has 0 spiro atoms. The normalized spacial score (nSPS) is 17.7. The van der Waals surface area contributed by atoms with Crippen molar-refractivity contribution in [3.05, 3.63) is 39.3 Å². The third-order valence-corrected chi connectivity index (χ3v) is 6.64. The van der Waals surface area contributed by atoms with Crippen molar-refractivity contribution in [3.63, 3.8) is 0 Å². The maximum Gasteiger partial charge on any atom is 0.336 e. The Hall–Kier alpha value is -2.21. The van der Waals surface area contributed by atoms with Crippen molar-refractivity contribution in [2.75, 3.05) is 29.5 Å². The molecule has 6 heteroatoms. The van der Waals surface area contributed by atoms with Gasteiger partial charge in [0.25, 0.3) is 0 Å². The molecule has 2 aliphatic heterocycles. The number of nitrogens with zero attached hydrogens (tertiary/aromatic N) is 1. The van der Waals surface area contributed by atoms with Crippen LogP contribution in [0.1, 0.15) is 62.0 Å². The summed E-state index contributed by atoms with van der Waals surface area (Å²) in [5.41, 5.74) is 2.69. The van der Waals surface area contributed by atoms with E-state index in [1.807, 2.05) is 38.6 Å². The van der Waals surface area contributed by atoms with Crippen molar-refractivity contribution >= 4 is 40.3 Å². The summed E-state index contributed by atoms with van der Waals surface area (Å²) in [6, 6.07) is 1.55. The Morgan fingerprint density at radius 3 is 2.63 bits per heavy atom. The molecule has 0 unspecified atom stereocenters. The third kappa shape index (κ3) is 3.66. The minimum atomic E-state index is -0.481. The van der Waals surface area contributed by atoms with E-state index in [0.717, 1.165) is 65.4 Å². The van der Waals surface area contributed by atoms with Crippen LogP contribution >= 0.6 is 11.8 Å². The molecule has 2 aliphatic rings. The van der Waals surface area contributed by atoms with Crippen LogP contribution in [-0.4, -0.2) is 36.0 Å². The Morgan fingerprint density at radius 1 is 1.23 bits per heavy atom. The first kappa shape index (κ1) is 21.0. The molecular formula is C24H29NO4S. The van der Waals surface area contributed by atoms with Crippen molar-refractivity contribution in [2.24, 2.45) is 0 Å². The predicted molar refractivity (Wildman–Crippen MR) is 124 cm³/mol. The lowest BCUT2D eigenvalue weighted by Crippen LogP contribution is -2.35. The van der Waals surface area contributed by atoms with Crippen LogP contribution < -0.4 is 15.3 Å². The first-order valence-corrected chi connectivity index (χ1v) is 11.9. The molecule has 0 bridgehead atoms. The van der Waals surface area contributed by atoms with E-state index in [0.29, 0.717) is 17.6 Å². The first-order chi connectivity index (χ1) is 14.4. The first-order valence-electron chi connectivity index (χ1n) is 10.8. The van der Waals surface area contributed by atoms with Gasteiger partial charge in [-0.15, -0.1) is 0 Å². The van der Waals surface area contributed by atoms with Crippen molar-refractivity contribution in [3.8, 4) is 5.75 Å². The van der Waals surface area contributed by atoms with Crippen molar-refractivity contribution in [1.29, 1.82) is 0 Å². The van der Waals surface area contributed by atoms with Crippen LogP contribution in [0.4, 0.5) is 5.69 Å². The maximum atomic E-state index is 13.2. The molecular weight excluding hydrogens is 398 g/mol. The number of hydrogen-bond acceptors (Lipinski definition) is 6. The summed E-state index contributed by atoms with van der Waals surface area (Å²) >= 11 is 1.92. The molecule has 1 aromatic heterocycles. The number of fused-ring (bicyclic) bond motifs is 3. The quantitative estimate of drug-likeness (QED) is 0.490. The largest absolute Gasteiger partial charge is 0.482 e. The Labute approximate surface area is 181 Å². The summed E-state index contributed by atoms with van der Waals surface area (Å²) in [5.74, 6) is 2.72. The van der Waals surface area contributed by atoms with Crippen molar-refractivity contribution in [1.82, 2.24) is 0 Å². The van der Waals surface area contributed by atoms with E-state index >= 15 is 0 Å². The van der Waals surface area contributed by atoms with Crippen LogP contribution in [0.5, 0.6) is 5.75 Å². The fourth-order valence-electron chi connectivity index (χ4n) is 4.31. The van der Waals surface area contributed by atoms with E-state index in [-0.39, 0.29) is 5.78 Å². The minimum absolute atomic E-state index is 0.00828. The number of ether oxygens (including phenoxy) is 1. The molecule has 0 radical (unpaired) electrons. The number of thioether (sulfide) groups is 1. The Bertz CT molecular complexity index is 1080. The zero-order valence-electron chi connectivity index (χ0n) is 18.2. The van der Waals surface area contributed by atoms with E-state index in [2.05, 4.69) is 17.9 Å². The van der Waals surface area contributed by atoms with Gasteiger partial charge in [0.15, 0.2) is 11.4 Å². The van der Waals surface area contributed by atoms with E-state index in [4.69, 9.17) is 9.15 Å². The van der Waals surface area contributed by atoms with Crippen molar-refractivity contribution < 1.29 is 13.9 Å². The minimum Gasteiger partial charge on any atom is -0.482 e. The van der Waals surface area contributed by atoms with Gasteiger partial charge in [0, 0.05) is 42.6 Å². The van der Waals surface area contributed by atoms with E-state index < -0.39 is 11.2 Å². The van der Waals surface area contributed by atoms with Crippen LogP contribution in [0.3, 0.4) is 0 Å². The molecule has 1 aromatic carbocycles. The lowest BCUT2D eigenvalue weighted by Gasteiger charge is -2.36. The highest BCUT2D eigenvalue weighted by atomic mass is 32.2. The summed E-state index contributed by atoms with van der Waals surface area (Å²) in [6.45, 7) is 9.66. The standard InChI is InChI=1S/C24H29NO4S/c1-5-7-15-14-18(27)28-23-19(15)22-16(8-9-24(3,4)29-22)21(20(23)17(26)6-2)25-10-12-30-13-11-25/h8-9,14H,5-7,10-13H2,1-4H3. The second kappa shape index (κ2) is 8.14. The highest BCUT2D eigenvalue weighted by Crippen LogP contribution is 2.47. The second-order valence-electron chi connectivity index (χ2n) is 8.43. The molecule has 1 saturated heterocycles. The molecule has 2 aromatic rings. The average Bonchev–Trinajstić information content (AvgIpc) is 2.72. The zero-order valence-corrected chi connectivity index (χ0v) is 19.0. The topological polar surface area (TPSA) is 59.8 Å². The number of aryl methyl sites for hydroxylation is 1. The van der Waals surface area contributed by atoms with Gasteiger partial charge in [-0.1, -0.05) is 20.3 Å². The summed E-state index contributed by atoms with van der Waals surface area (Å²) in [4.78, 5) is 28.0. The molecule has 3 heterocycles. The van der Waals surface area contributed by atoms with Gasteiger partial charge in [0.05, 0.1) is 16.6 Å². The van der Waals surface area contributed by atoms with Gasteiger partial charge < -0.3 is 14.1 Å². The van der Waals surface area contributed by atoms with E-state index in [9.17, 15) is 9.59 Å². The Kier molecular flexibility index (Phi) is 5.71. The number of rotatable bonds is 5. The summed E-state index contributed by atoms with van der Waals surface area (Å²) < 4.78 is 12.2. The summed E-state index contributed by atoms with van der Waals surface area (Å²) in [5, 5.41) is 0.774. The lowest BCUT2D eigenvalue weighted by atomic mass is 9.90. The van der Waals surface area contributed by atoms with Gasteiger partial charge in [0.1, 0.15) is 11.4 Å². The zero-order chi connectivity index (χ0) is 21.5. The predicted octanol–water partition coefficient (Wildman–Crippen LogP) is 5.08. The Morgan fingerprint density at radius 2 is 1.97 bits per heavy atom. The number of benzene rings is 1. The van der Waals surface area contributed by atoms with Gasteiger partial charge in [-0.3, -0.25) is 4.79 Å². The maximum absolute atomic E-state index is 13.2. The second-order valence-corrected chi connectivity index (χ2v) is 9.65. The van der Waals surface area contributed by atoms with Gasteiger partial charge >= 0.3 is 5.63 Å². The van der Waals surface area contributed by atoms with E-state index in [1.54, 1.807) is 6.07 Å². The number of carbonyl (C=O) groups is 1. The number of carbonyl (C=O) groups excluding carboxylic acids is 1. The van der Waals surface area contributed by atoms with Gasteiger partial charge in [-0.25, -0.2) is 4.79 Å². The molecule has 160 valence electrons. The van der Waals surface area contributed by atoms with Crippen LogP contribution in [0.15, 0.2) is 21.4 Å². The van der Waals surface area contributed by atoms with Gasteiger partial charge in [0.2, 0.25) is 0 Å². The Balaban J connectivity index is 2.16. The van der Waals surface area contributed by atoms with Crippen LogP contribution in [0.2, 0.25) is 0 Å². The molecule has 0 amide bonds. The molecule has 0 N–H and O–H groups in total. The molecule has 30 heavy (non-hydrogen) atoms. The molecule has 1 fully saturated rings. The summed E-state index contributed by atoms with van der Waals surface area (Å²) in [6.07, 6.45) is 6.09. The van der Waals surface area contributed by atoms with Gasteiger partial charge in [-0.05, 0) is 38.0 Å². The number of hydrogen-bond donors (Lipinski definition) is 0. The third-order valence-electron chi connectivity index (χ3n) is 5.70. The average molecular weight is 428 g/mol. The molecule has 0 saturated carbocycles. The molecule has 0 atom stereocenters. The summed E-state index contributed by atoms with van der Waals surface area (Å²) in [7, 11) is 0. The fraction of sp³-hybridized carbons (Fsp3) is 0.500. The fourth-order valence-corrected chi connectivity index (χ4v) is 5.21. The number of anilines is 1. The van der Waals surface area contributed by atoms with E-state index in [1.165, 1.54) is 0 Å². The SMILES string of the molecule is CCCc1cc(=O)oc2c(C(=O)CC)c(N3CCSCC3)c3c(c12)OC(C)(C)C=C3. The van der Waals surface area contributed by atoms with Crippen LogP contribution in [0, 0.1) is 0 Å². The lowest BCUT2D eigenvalue weighted by molar-refractivity contribution is 0.0989. The molecule has 5 nitrogen and oxygen atoms in total. The molecule has 0 aliphatic carbocycles. The smallest absolute Gasteiger partial charge is 0.336 e. The van der Waals surface area contributed by atoms with Gasteiger partial charge in [-0.2, -0.15) is 11.8 Å². The molecule has 4 rings (SSSR count). The van der Waals surface area contributed by atoms with Crippen LogP contribution in [0.25, 0.3) is 17.0 Å². The van der Waals surface area contributed by atoms with Crippen LogP contribution in [-0.2, 0) is 6.42 Å². The monoisotopic (exact) mass is 427 g/mol. The number of ketones is 1. The van der Waals surface area contributed by atoms with Crippen molar-refractivity contribution in [2.45, 2.75) is 52.6 Å². The number of Topliss-reactive ketones (excluding diaryl/α,β-unsaturated/α-hetero) is 1. The highest BCUT2D eigenvalue weighted by molar-refractivity contribution is 7.99.